The summed E-state index contributed by atoms with van der Waals surface area (Å²) in [4.78, 5) is 7.39. The fraction of sp³-hybridized carbons (Fsp3) is 1.00. The molecule has 0 unspecified atom stereocenters. The fourth-order valence-electron chi connectivity index (χ4n) is 2.55. The van der Waals surface area contributed by atoms with Gasteiger partial charge in [-0.3, -0.25) is 0 Å². The average Bonchev–Trinajstić information content (AvgIpc) is 2.02. The van der Waals surface area contributed by atoms with Crippen molar-refractivity contribution in [2.75, 3.05) is 19.6 Å². The van der Waals surface area contributed by atoms with Crippen molar-refractivity contribution in [1.29, 1.82) is 0 Å². The number of nitrogens with zero attached hydrogens (tertiary/aromatic N) is 1. The SMILES string of the molecule is CCN[Si](C)(C)N(CC)[Si](C)(C)NCC. The maximum Gasteiger partial charge on any atom is 0.192 e. The van der Waals surface area contributed by atoms with Crippen molar-refractivity contribution in [3.63, 3.8) is 0 Å². The van der Waals surface area contributed by atoms with Gasteiger partial charge in [0.2, 0.25) is 0 Å². The number of rotatable bonds is 7. The van der Waals surface area contributed by atoms with Gasteiger partial charge < -0.3 is 14.2 Å². The van der Waals surface area contributed by atoms with Gasteiger partial charge in [0.05, 0.1) is 0 Å². The molecular formula is C10H29N3Si2. The molecule has 0 saturated carbocycles. The van der Waals surface area contributed by atoms with Crippen LogP contribution in [-0.2, 0) is 0 Å². The second kappa shape index (κ2) is 6.15. The van der Waals surface area contributed by atoms with Gasteiger partial charge in [0.15, 0.2) is 16.8 Å². The lowest BCUT2D eigenvalue weighted by Crippen LogP contribution is -2.73. The zero-order valence-electron chi connectivity index (χ0n) is 11.6. The van der Waals surface area contributed by atoms with Crippen LogP contribution in [-0.4, -0.2) is 40.7 Å². The van der Waals surface area contributed by atoms with Gasteiger partial charge in [-0.05, 0) is 45.8 Å². The Balaban J connectivity index is 4.72. The molecule has 5 heteroatoms. The van der Waals surface area contributed by atoms with E-state index >= 15 is 0 Å². The molecule has 0 aromatic carbocycles. The van der Waals surface area contributed by atoms with E-state index in [0.717, 1.165) is 19.6 Å². The Morgan fingerprint density at radius 2 is 1.13 bits per heavy atom. The van der Waals surface area contributed by atoms with Gasteiger partial charge in [0.1, 0.15) is 0 Å². The van der Waals surface area contributed by atoms with Crippen LogP contribution < -0.4 is 9.96 Å². The lowest BCUT2D eigenvalue weighted by atomic mass is 10.8. The number of hydrogen-bond acceptors (Lipinski definition) is 3. The molecule has 0 atom stereocenters. The van der Waals surface area contributed by atoms with E-state index in [0.29, 0.717) is 0 Å². The van der Waals surface area contributed by atoms with E-state index in [-0.39, 0.29) is 0 Å². The summed E-state index contributed by atoms with van der Waals surface area (Å²) >= 11 is 0. The predicted molar refractivity (Wildman–Crippen MR) is 74.7 cm³/mol. The van der Waals surface area contributed by atoms with Crippen molar-refractivity contribution in [3.8, 4) is 0 Å². The molecule has 0 rings (SSSR count). The molecule has 3 nitrogen and oxygen atoms in total. The lowest BCUT2D eigenvalue weighted by Gasteiger charge is -2.46. The maximum atomic E-state index is 3.70. The number of hydrogen-bond donors (Lipinski definition) is 2. The molecule has 0 aromatic heterocycles. The van der Waals surface area contributed by atoms with Gasteiger partial charge in [-0.15, -0.1) is 0 Å². The molecule has 0 saturated heterocycles. The van der Waals surface area contributed by atoms with Crippen LogP contribution in [0.15, 0.2) is 0 Å². The van der Waals surface area contributed by atoms with E-state index in [9.17, 15) is 0 Å². The molecule has 0 aromatic rings. The topological polar surface area (TPSA) is 27.3 Å². The van der Waals surface area contributed by atoms with Crippen LogP contribution in [0.2, 0.25) is 26.2 Å². The van der Waals surface area contributed by atoms with E-state index in [1.165, 1.54) is 0 Å². The molecular weight excluding hydrogens is 218 g/mol. The first-order valence-corrected chi connectivity index (χ1v) is 12.0. The normalized spacial score (nSPS) is 13.6. The monoisotopic (exact) mass is 247 g/mol. The molecule has 92 valence electrons. The van der Waals surface area contributed by atoms with Crippen molar-refractivity contribution < 1.29 is 0 Å². The molecule has 0 amide bonds. The van der Waals surface area contributed by atoms with Gasteiger partial charge in [0.25, 0.3) is 0 Å². The third-order valence-electron chi connectivity index (χ3n) is 2.88. The summed E-state index contributed by atoms with van der Waals surface area (Å²) in [5.74, 6) is 0. The third-order valence-corrected chi connectivity index (χ3v) is 12.0. The predicted octanol–water partition coefficient (Wildman–Crippen LogP) is 1.93. The Hall–Kier alpha value is 0.314. The highest BCUT2D eigenvalue weighted by atomic mass is 28.4. The van der Waals surface area contributed by atoms with Gasteiger partial charge in [-0.25, -0.2) is 0 Å². The number of nitrogens with one attached hydrogen (secondary N) is 2. The minimum Gasteiger partial charge on any atom is -0.326 e. The van der Waals surface area contributed by atoms with E-state index in [1.54, 1.807) is 0 Å². The summed E-state index contributed by atoms with van der Waals surface area (Å²) in [5.41, 5.74) is 0. The Morgan fingerprint density at radius 1 is 0.800 bits per heavy atom. The van der Waals surface area contributed by atoms with Crippen LogP contribution in [0.5, 0.6) is 0 Å². The fourth-order valence-corrected chi connectivity index (χ4v) is 12.3. The molecule has 15 heavy (non-hydrogen) atoms. The Kier molecular flexibility index (Phi) is 6.28. The van der Waals surface area contributed by atoms with Crippen LogP contribution >= 0.6 is 0 Å². The van der Waals surface area contributed by atoms with Gasteiger partial charge >= 0.3 is 0 Å². The van der Waals surface area contributed by atoms with E-state index in [1.807, 2.05) is 0 Å². The standard InChI is InChI=1S/C10H29N3Si2/c1-8-11-14(4,5)13(10-3)15(6,7)12-9-2/h11-12H,8-10H2,1-7H3. The highest BCUT2D eigenvalue weighted by Crippen LogP contribution is 2.15. The second-order valence-corrected chi connectivity index (χ2v) is 13.4. The summed E-state index contributed by atoms with van der Waals surface area (Å²) in [6.07, 6.45) is 0. The van der Waals surface area contributed by atoms with Gasteiger partial charge in [0, 0.05) is 0 Å². The minimum absolute atomic E-state index is 1.08. The quantitative estimate of drug-likeness (QED) is 0.673. The lowest BCUT2D eigenvalue weighted by molar-refractivity contribution is 0.597. The largest absolute Gasteiger partial charge is 0.326 e. The molecule has 0 bridgehead atoms. The van der Waals surface area contributed by atoms with E-state index < -0.39 is 16.8 Å². The van der Waals surface area contributed by atoms with Crippen molar-refractivity contribution in [3.05, 3.63) is 0 Å². The molecule has 2 N–H and O–H groups in total. The highest BCUT2D eigenvalue weighted by Gasteiger charge is 2.39. The highest BCUT2D eigenvalue weighted by molar-refractivity contribution is 6.88. The van der Waals surface area contributed by atoms with Crippen molar-refractivity contribution in [2.45, 2.75) is 47.0 Å². The first-order chi connectivity index (χ1) is 6.81. The summed E-state index contributed by atoms with van der Waals surface area (Å²) in [7, 11) is -2.85. The second-order valence-electron chi connectivity index (χ2n) is 4.92. The molecule has 0 heterocycles. The van der Waals surface area contributed by atoms with Crippen molar-refractivity contribution in [1.82, 2.24) is 14.2 Å². The van der Waals surface area contributed by atoms with Crippen molar-refractivity contribution in [2.24, 2.45) is 0 Å². The zero-order chi connectivity index (χ0) is 12.1. The molecule has 0 aliphatic carbocycles. The first-order valence-electron chi connectivity index (χ1n) is 6.09. The molecule has 0 aliphatic heterocycles. The van der Waals surface area contributed by atoms with Gasteiger partial charge in [-0.1, -0.05) is 20.8 Å². The summed E-state index contributed by atoms with van der Waals surface area (Å²) in [6.45, 7) is 19.6. The summed E-state index contributed by atoms with van der Waals surface area (Å²) < 4.78 is 2.73. The van der Waals surface area contributed by atoms with E-state index in [2.05, 4.69) is 61.2 Å². The molecule has 0 spiro atoms. The zero-order valence-corrected chi connectivity index (χ0v) is 13.6. The Bertz CT molecular complexity index is 166. The van der Waals surface area contributed by atoms with Crippen LogP contribution in [0.4, 0.5) is 0 Å². The smallest absolute Gasteiger partial charge is 0.192 e. The van der Waals surface area contributed by atoms with Crippen molar-refractivity contribution >= 4 is 16.8 Å². The van der Waals surface area contributed by atoms with Crippen LogP contribution in [0.3, 0.4) is 0 Å². The summed E-state index contributed by atoms with van der Waals surface area (Å²) in [6, 6.07) is 0. The van der Waals surface area contributed by atoms with Gasteiger partial charge in [-0.2, -0.15) is 0 Å². The third kappa shape index (κ3) is 4.36. The molecule has 0 radical (unpaired) electrons. The Morgan fingerprint density at radius 3 is 1.33 bits per heavy atom. The van der Waals surface area contributed by atoms with Crippen LogP contribution in [0, 0.1) is 0 Å². The first kappa shape index (κ1) is 15.3. The molecule has 0 aliphatic rings. The van der Waals surface area contributed by atoms with Crippen LogP contribution in [0.1, 0.15) is 20.8 Å². The summed E-state index contributed by atoms with van der Waals surface area (Å²) in [5, 5.41) is 0. The average molecular weight is 248 g/mol. The minimum atomic E-state index is -1.42. The van der Waals surface area contributed by atoms with Crippen LogP contribution in [0.25, 0.3) is 0 Å². The maximum absolute atomic E-state index is 3.70. The van der Waals surface area contributed by atoms with E-state index in [4.69, 9.17) is 0 Å². The Labute approximate surface area is 98.0 Å². The molecule has 0 fully saturated rings.